The van der Waals surface area contributed by atoms with Crippen LogP contribution in [0.2, 0.25) is 0 Å². The van der Waals surface area contributed by atoms with Crippen LogP contribution in [0.1, 0.15) is 32.8 Å². The number of hydrogen-bond acceptors (Lipinski definition) is 13. The van der Waals surface area contributed by atoms with Crippen LogP contribution >= 0.6 is 0 Å². The van der Waals surface area contributed by atoms with Crippen LogP contribution in [0.25, 0.3) is 0 Å². The lowest BCUT2D eigenvalue weighted by Gasteiger charge is -2.28. The quantitative estimate of drug-likeness (QED) is 0.0884. The Labute approximate surface area is 261 Å². The highest BCUT2D eigenvalue weighted by molar-refractivity contribution is 6.06. The number of rotatable bonds is 14. The van der Waals surface area contributed by atoms with Crippen LogP contribution in [0.3, 0.4) is 0 Å². The maximum atomic E-state index is 11.8. The number of hydrogen-bond donors (Lipinski definition) is 3. The van der Waals surface area contributed by atoms with Crippen molar-refractivity contribution in [3.8, 4) is 0 Å². The van der Waals surface area contributed by atoms with Crippen LogP contribution in [-0.2, 0) is 33.4 Å². The van der Waals surface area contributed by atoms with Gasteiger partial charge in [-0.05, 0) is 39.3 Å². The minimum Gasteiger partial charge on any atom is -0.462 e. The molecule has 15 nitrogen and oxygen atoms in total. The fourth-order valence-corrected chi connectivity index (χ4v) is 3.66. The largest absolute Gasteiger partial charge is 0.462 e. The molecular formula is C30H40N4O11. The second-order valence-corrected chi connectivity index (χ2v) is 9.86. The monoisotopic (exact) mass is 632 g/mol. The molecule has 0 unspecified atom stereocenters. The van der Waals surface area contributed by atoms with Crippen molar-refractivity contribution in [2.24, 2.45) is 15.4 Å². The Morgan fingerprint density at radius 1 is 0.956 bits per heavy atom. The third kappa shape index (κ3) is 12.0. The smallest absolute Gasteiger partial charge is 0.330 e. The number of esters is 2. The molecule has 1 saturated heterocycles. The van der Waals surface area contributed by atoms with E-state index in [1.54, 1.807) is 45.9 Å². The van der Waals surface area contributed by atoms with E-state index in [9.17, 15) is 33.9 Å². The number of imide groups is 1. The molecule has 0 spiro atoms. The Hall–Kier alpha value is -4.78. The van der Waals surface area contributed by atoms with Crippen molar-refractivity contribution >= 4 is 47.4 Å². The second kappa shape index (κ2) is 20.2. The summed E-state index contributed by atoms with van der Waals surface area (Å²) in [6, 6.07) is 4.49. The Kier molecular flexibility index (Phi) is 18.1. The minimum absolute atomic E-state index is 0.00300. The number of carbonyl (C=O) groups is 4. The number of isocyanates is 2. The highest BCUT2D eigenvalue weighted by Gasteiger charge is 2.50. The summed E-state index contributed by atoms with van der Waals surface area (Å²) in [6.45, 7) is 12.7. The SMILES string of the molecule is C=CC(=O)OCC(CC)(CO)COC(=O)C=C.CC1(C)C(=O)N(CCO)C(=O)N1CCO.Cc1c(N=C=O)cccc1N=C=O. The molecule has 15 heteroatoms. The van der Waals surface area contributed by atoms with Gasteiger partial charge in [0.25, 0.3) is 5.91 Å². The van der Waals surface area contributed by atoms with Crippen molar-refractivity contribution in [1.29, 1.82) is 0 Å². The summed E-state index contributed by atoms with van der Waals surface area (Å²) in [6.07, 6.45) is 5.43. The molecule has 3 N–H and O–H groups in total. The number of β-amino-alcohol motifs (C(OH)–C–C–N with tert-alkyl or cyclic N) is 2. The first-order valence-electron chi connectivity index (χ1n) is 13.6. The first-order chi connectivity index (χ1) is 21.3. The van der Waals surface area contributed by atoms with Gasteiger partial charge < -0.3 is 29.7 Å². The third-order valence-electron chi connectivity index (χ3n) is 6.62. The van der Waals surface area contributed by atoms with Gasteiger partial charge >= 0.3 is 18.0 Å². The fourth-order valence-electron chi connectivity index (χ4n) is 3.66. The van der Waals surface area contributed by atoms with Crippen molar-refractivity contribution in [3.63, 3.8) is 0 Å². The van der Waals surface area contributed by atoms with E-state index >= 15 is 0 Å². The number of aliphatic imine (C=N–C) groups is 2. The van der Waals surface area contributed by atoms with Crippen molar-refractivity contribution < 1.29 is 53.6 Å². The molecule has 1 aliphatic rings. The summed E-state index contributed by atoms with van der Waals surface area (Å²) in [7, 11) is 0. The van der Waals surface area contributed by atoms with Gasteiger partial charge in [0.15, 0.2) is 0 Å². The average Bonchev–Trinajstić information content (AvgIpc) is 3.19. The first kappa shape index (κ1) is 40.2. The molecule has 1 heterocycles. The molecule has 0 bridgehead atoms. The molecule has 1 aromatic rings. The molecule has 1 fully saturated rings. The number of aliphatic hydroxyl groups excluding tert-OH is 3. The lowest BCUT2D eigenvalue weighted by Crippen LogP contribution is -2.45. The zero-order valence-electron chi connectivity index (χ0n) is 25.9. The van der Waals surface area contributed by atoms with E-state index in [0.717, 1.165) is 17.1 Å². The normalized spacial score (nSPS) is 13.1. The van der Waals surface area contributed by atoms with Crippen LogP contribution in [0.5, 0.6) is 0 Å². The Balaban J connectivity index is 0.000000650. The molecule has 246 valence electrons. The summed E-state index contributed by atoms with van der Waals surface area (Å²) in [5.41, 5.74) is -0.126. The summed E-state index contributed by atoms with van der Waals surface area (Å²) < 4.78 is 9.74. The van der Waals surface area contributed by atoms with Crippen LogP contribution in [-0.4, -0.2) is 113 Å². The predicted octanol–water partition coefficient (Wildman–Crippen LogP) is 1.78. The molecule has 2 rings (SSSR count). The number of amides is 3. The Bertz CT molecular complexity index is 1230. The molecule has 1 aliphatic heterocycles. The van der Waals surface area contributed by atoms with Gasteiger partial charge in [0.05, 0.1) is 43.2 Å². The van der Waals surface area contributed by atoms with Crippen molar-refractivity contribution in [3.05, 3.63) is 49.1 Å². The van der Waals surface area contributed by atoms with E-state index in [0.29, 0.717) is 23.4 Å². The molecule has 0 saturated carbocycles. The number of benzene rings is 1. The number of urea groups is 1. The van der Waals surface area contributed by atoms with Crippen LogP contribution in [0, 0.1) is 12.3 Å². The van der Waals surface area contributed by atoms with Gasteiger partial charge in [0.1, 0.15) is 18.8 Å². The first-order valence-corrected chi connectivity index (χ1v) is 13.6. The number of carbonyl (C=O) groups excluding carboxylic acids is 6. The number of ether oxygens (including phenoxy) is 2. The van der Waals surface area contributed by atoms with E-state index in [-0.39, 0.29) is 52.0 Å². The Morgan fingerprint density at radius 3 is 1.78 bits per heavy atom. The number of aliphatic hydroxyl groups is 3. The molecule has 45 heavy (non-hydrogen) atoms. The summed E-state index contributed by atoms with van der Waals surface area (Å²) in [5, 5.41) is 26.9. The fraction of sp³-hybridized carbons (Fsp3) is 0.467. The van der Waals surface area contributed by atoms with Gasteiger partial charge in [-0.25, -0.2) is 24.0 Å². The zero-order valence-corrected chi connectivity index (χ0v) is 25.9. The topological polar surface area (TPSA) is 213 Å². The highest BCUT2D eigenvalue weighted by Crippen LogP contribution is 2.28. The van der Waals surface area contributed by atoms with Crippen LogP contribution in [0.4, 0.5) is 16.2 Å². The Morgan fingerprint density at radius 2 is 1.42 bits per heavy atom. The van der Waals surface area contributed by atoms with E-state index in [1.807, 2.05) is 0 Å². The molecule has 1 aromatic carbocycles. The maximum absolute atomic E-state index is 11.8. The van der Waals surface area contributed by atoms with E-state index in [1.165, 1.54) is 17.1 Å². The molecule has 0 aromatic heterocycles. The van der Waals surface area contributed by atoms with E-state index < -0.39 is 28.9 Å². The lowest BCUT2D eigenvalue weighted by atomic mass is 9.88. The van der Waals surface area contributed by atoms with Crippen molar-refractivity contribution in [2.45, 2.75) is 39.7 Å². The van der Waals surface area contributed by atoms with Gasteiger partial charge in [-0.3, -0.25) is 9.69 Å². The maximum Gasteiger partial charge on any atom is 0.330 e. The molecular weight excluding hydrogens is 592 g/mol. The van der Waals surface area contributed by atoms with Gasteiger partial charge in [0.2, 0.25) is 12.2 Å². The van der Waals surface area contributed by atoms with Crippen LogP contribution < -0.4 is 0 Å². The highest BCUT2D eigenvalue weighted by atomic mass is 16.5. The summed E-state index contributed by atoms with van der Waals surface area (Å²) in [4.78, 5) is 74.6. The average molecular weight is 633 g/mol. The predicted molar refractivity (Wildman–Crippen MR) is 161 cm³/mol. The van der Waals surface area contributed by atoms with E-state index in [4.69, 9.17) is 19.7 Å². The second-order valence-electron chi connectivity index (χ2n) is 9.86. The number of nitrogens with zero attached hydrogens (tertiary/aromatic N) is 4. The third-order valence-corrected chi connectivity index (χ3v) is 6.62. The molecule has 0 radical (unpaired) electrons. The molecule has 3 amide bonds. The van der Waals surface area contributed by atoms with Crippen LogP contribution in [0.15, 0.2) is 53.5 Å². The zero-order chi connectivity index (χ0) is 34.6. The molecule has 0 aliphatic carbocycles. The van der Waals surface area contributed by atoms with Gasteiger partial charge in [-0.2, -0.15) is 9.98 Å². The standard InChI is InChI=1S/C12H18O5.C9H16N2O4.C9H6N2O2/c1-4-10(14)16-8-12(6-3,7-13)9-17-11(15)5-2;1-9(2)7(14)10(3-5-12)8(15)11(9)4-6-13;1-7-8(10-5-12)3-2-4-9(7)11-6-13/h4-5,13H,1-2,6-9H2,3H3;12-13H,3-6H2,1-2H3;2-4H,1H3. The van der Waals surface area contributed by atoms with Gasteiger partial charge in [-0.1, -0.05) is 26.1 Å². The summed E-state index contributed by atoms with van der Waals surface area (Å²) in [5.74, 6) is -1.49. The summed E-state index contributed by atoms with van der Waals surface area (Å²) >= 11 is 0. The van der Waals surface area contributed by atoms with E-state index in [2.05, 4.69) is 23.1 Å². The van der Waals surface area contributed by atoms with Crippen molar-refractivity contribution in [2.75, 3.05) is 46.1 Å². The van der Waals surface area contributed by atoms with Crippen molar-refractivity contribution in [1.82, 2.24) is 9.80 Å². The van der Waals surface area contributed by atoms with Gasteiger partial charge in [0, 0.05) is 24.3 Å². The molecule has 0 atom stereocenters. The van der Waals surface area contributed by atoms with Gasteiger partial charge in [-0.15, -0.1) is 0 Å². The minimum atomic E-state index is -0.936. The lowest BCUT2D eigenvalue weighted by molar-refractivity contribution is -0.150.